The van der Waals surface area contributed by atoms with Crippen molar-refractivity contribution in [1.82, 2.24) is 0 Å². The van der Waals surface area contributed by atoms with Crippen LogP contribution in [0.5, 0.6) is 0 Å². The fraction of sp³-hybridized carbons (Fsp3) is 0. The molecule has 0 aromatic rings. The first-order valence-corrected chi connectivity index (χ1v) is 0. The van der Waals surface area contributed by atoms with E-state index in [1.54, 1.807) is 0 Å². The summed E-state index contributed by atoms with van der Waals surface area (Å²) in [5.74, 6) is 0. The van der Waals surface area contributed by atoms with Crippen molar-refractivity contribution >= 4 is 118 Å². The Hall–Kier alpha value is 4.62. The molecule has 0 aromatic carbocycles. The average molecular weight is 157 g/mol. The molecule has 0 unspecified atom stereocenters. The molecule has 4 radical (unpaired) electrons. The Balaban J connectivity index is 0. The van der Waals surface area contributed by atoms with Crippen LogP contribution in [0.4, 0.5) is 0 Å². The van der Waals surface area contributed by atoms with Crippen molar-refractivity contribution in [3.63, 3.8) is 0 Å². The van der Waals surface area contributed by atoms with E-state index in [0.717, 1.165) is 0 Å². The zero-order valence-electron chi connectivity index (χ0n) is 4.71. The van der Waals surface area contributed by atoms with Crippen molar-refractivity contribution in [3.8, 4) is 0 Å². The second kappa shape index (κ2) is 23.4. The van der Waals surface area contributed by atoms with E-state index in [1.807, 2.05) is 0 Å². The van der Waals surface area contributed by atoms with Gasteiger partial charge in [-0.2, -0.15) is 0 Å². The van der Waals surface area contributed by atoms with Crippen molar-refractivity contribution in [3.05, 3.63) is 0 Å². The zero-order valence-corrected chi connectivity index (χ0v) is 15.7. The maximum absolute atomic E-state index is 0. The maximum atomic E-state index is 0. The second-order valence-corrected chi connectivity index (χ2v) is 0. The summed E-state index contributed by atoms with van der Waals surface area (Å²) in [7, 11) is 0. The fourth-order valence-electron chi connectivity index (χ4n) is 0. The molecular weight excluding hydrogens is 157 g/mol. The summed E-state index contributed by atoms with van der Waals surface area (Å²) in [6.07, 6.45) is 0. The van der Waals surface area contributed by atoms with Gasteiger partial charge < -0.3 is 0 Å². The first kappa shape index (κ1) is 33.5. The summed E-state index contributed by atoms with van der Waals surface area (Å²) in [5, 5.41) is 0. The molecular formula is Na4Zn. The van der Waals surface area contributed by atoms with E-state index < -0.39 is 0 Å². The van der Waals surface area contributed by atoms with E-state index in [9.17, 15) is 0 Å². The Morgan fingerprint density at radius 3 is 0.400 bits per heavy atom. The number of hydrogen-bond acceptors (Lipinski definition) is 0. The molecule has 0 aliphatic heterocycles. The summed E-state index contributed by atoms with van der Waals surface area (Å²) < 4.78 is 0. The summed E-state index contributed by atoms with van der Waals surface area (Å²) in [4.78, 5) is 0. The molecule has 0 aromatic heterocycles. The molecule has 5 heavy (non-hydrogen) atoms. The van der Waals surface area contributed by atoms with Crippen LogP contribution in [0, 0.1) is 0 Å². The van der Waals surface area contributed by atoms with Gasteiger partial charge in [-0.3, -0.25) is 0 Å². The molecule has 0 aliphatic carbocycles. The van der Waals surface area contributed by atoms with Crippen LogP contribution in [0.25, 0.3) is 0 Å². The molecule has 0 heterocycles. The number of hydrogen-bond donors (Lipinski definition) is 0. The van der Waals surface area contributed by atoms with Crippen LogP contribution >= 0.6 is 0 Å². The smallest absolute Gasteiger partial charge is 0 e. The van der Waals surface area contributed by atoms with Crippen LogP contribution in [0.2, 0.25) is 0 Å². The van der Waals surface area contributed by atoms with E-state index in [4.69, 9.17) is 0 Å². The van der Waals surface area contributed by atoms with Gasteiger partial charge >= 0.3 is 0 Å². The van der Waals surface area contributed by atoms with Crippen molar-refractivity contribution in [2.45, 2.75) is 0 Å². The van der Waals surface area contributed by atoms with Gasteiger partial charge in [0, 0.05) is 138 Å². The Bertz CT molecular complexity index is 3.61. The van der Waals surface area contributed by atoms with Crippen LogP contribution in [-0.4, -0.2) is 118 Å². The van der Waals surface area contributed by atoms with Crippen LogP contribution in [0.3, 0.4) is 0 Å². The quantitative estimate of drug-likeness (QED) is 0.375. The fourth-order valence-corrected chi connectivity index (χ4v) is 0. The minimum Gasteiger partial charge on any atom is 0 e. The molecule has 0 atom stereocenters. The molecule has 0 spiro atoms. The third kappa shape index (κ3) is 17.7. The van der Waals surface area contributed by atoms with E-state index >= 15 is 0 Å². The largest absolute Gasteiger partial charge is 0 e. The van der Waals surface area contributed by atoms with E-state index in [0.29, 0.717) is 0 Å². The number of rotatable bonds is 0. The molecule has 0 N–H and O–H groups in total. The first-order valence-electron chi connectivity index (χ1n) is 0. The monoisotopic (exact) mass is 156 g/mol. The van der Waals surface area contributed by atoms with Crippen LogP contribution < -0.4 is 0 Å². The predicted octanol–water partition coefficient (Wildman–Crippen LogP) is -1.53. The second-order valence-electron chi connectivity index (χ2n) is 0. The molecule has 0 saturated heterocycles. The van der Waals surface area contributed by atoms with Gasteiger partial charge in [0.2, 0.25) is 0 Å². The third-order valence-corrected chi connectivity index (χ3v) is 0. The Morgan fingerprint density at radius 1 is 0.400 bits per heavy atom. The third-order valence-electron chi connectivity index (χ3n) is 0. The van der Waals surface area contributed by atoms with Gasteiger partial charge in [-0.1, -0.05) is 0 Å². The normalized spacial score (nSPS) is 0. The van der Waals surface area contributed by atoms with Crippen molar-refractivity contribution in [2.24, 2.45) is 0 Å². The molecule has 0 nitrogen and oxygen atoms in total. The first-order chi connectivity index (χ1) is 0. The SMILES string of the molecule is [Na].[Na].[Na].[Na].[Zn]. The minimum absolute atomic E-state index is 0. The van der Waals surface area contributed by atoms with E-state index in [2.05, 4.69) is 0 Å². The van der Waals surface area contributed by atoms with E-state index in [-0.39, 0.29) is 138 Å². The Morgan fingerprint density at radius 2 is 0.400 bits per heavy atom. The Labute approximate surface area is 134 Å². The van der Waals surface area contributed by atoms with Gasteiger partial charge in [0.1, 0.15) is 0 Å². The van der Waals surface area contributed by atoms with Crippen LogP contribution in [0.15, 0.2) is 0 Å². The molecule has 0 rings (SSSR count). The summed E-state index contributed by atoms with van der Waals surface area (Å²) >= 11 is 0. The van der Waals surface area contributed by atoms with E-state index in [1.165, 1.54) is 0 Å². The van der Waals surface area contributed by atoms with Gasteiger partial charge in [0.15, 0.2) is 0 Å². The maximum Gasteiger partial charge on any atom is 0 e. The molecule has 0 saturated carbocycles. The minimum atomic E-state index is 0. The predicted molar refractivity (Wildman–Crippen MR) is 23.0 cm³/mol. The molecule has 0 bridgehead atoms. The molecule has 6 valence electrons. The summed E-state index contributed by atoms with van der Waals surface area (Å²) in [6.45, 7) is 0. The topological polar surface area (TPSA) is 0 Å². The average Bonchev–Trinajstić information content (AvgIpc) is 0. The summed E-state index contributed by atoms with van der Waals surface area (Å²) in [6, 6.07) is 0. The van der Waals surface area contributed by atoms with Gasteiger partial charge in [-0.15, -0.1) is 0 Å². The Kier molecular flexibility index (Phi) is 157. The van der Waals surface area contributed by atoms with Crippen LogP contribution in [0.1, 0.15) is 0 Å². The van der Waals surface area contributed by atoms with Crippen molar-refractivity contribution in [2.75, 3.05) is 0 Å². The summed E-state index contributed by atoms with van der Waals surface area (Å²) in [5.41, 5.74) is 0. The standard InChI is InChI=1S/4Na.Zn. The van der Waals surface area contributed by atoms with Gasteiger partial charge in [-0.05, 0) is 0 Å². The van der Waals surface area contributed by atoms with Crippen LogP contribution in [-0.2, 0) is 19.5 Å². The van der Waals surface area contributed by atoms with Crippen molar-refractivity contribution in [1.29, 1.82) is 0 Å². The van der Waals surface area contributed by atoms with Crippen molar-refractivity contribution < 1.29 is 19.5 Å². The molecule has 0 aliphatic rings. The molecule has 5 heteroatoms. The molecule has 0 amide bonds. The van der Waals surface area contributed by atoms with Gasteiger partial charge in [-0.25, -0.2) is 0 Å². The zero-order chi connectivity index (χ0) is 0. The van der Waals surface area contributed by atoms with Gasteiger partial charge in [0.05, 0.1) is 0 Å². The van der Waals surface area contributed by atoms with Gasteiger partial charge in [0.25, 0.3) is 0 Å². The molecule has 0 fully saturated rings.